The maximum atomic E-state index is 13.8. The van der Waals surface area contributed by atoms with Gasteiger partial charge in [0, 0.05) is 25.2 Å². The fraction of sp³-hybridized carbons (Fsp3) is 0.188. The first-order chi connectivity index (χ1) is 11.6. The minimum absolute atomic E-state index is 0.0187. The third-order valence-electron chi connectivity index (χ3n) is 3.54. The molecule has 2 rings (SSSR count). The van der Waals surface area contributed by atoms with Crippen LogP contribution in [0.5, 0.6) is 0 Å². The molecule has 0 radical (unpaired) electrons. The van der Waals surface area contributed by atoms with Crippen molar-refractivity contribution in [3.05, 3.63) is 59.2 Å². The molecule has 0 saturated carbocycles. The summed E-state index contributed by atoms with van der Waals surface area (Å²) in [6, 6.07) is 6.86. The van der Waals surface area contributed by atoms with Crippen LogP contribution in [-0.4, -0.2) is 28.5 Å². The van der Waals surface area contributed by atoms with Crippen molar-refractivity contribution in [2.24, 2.45) is 5.14 Å². The molecule has 25 heavy (non-hydrogen) atoms. The first-order valence-electron chi connectivity index (χ1n) is 7.03. The van der Waals surface area contributed by atoms with Gasteiger partial charge in [0.05, 0.1) is 23.3 Å². The van der Waals surface area contributed by atoms with Crippen LogP contribution in [0.3, 0.4) is 0 Å². The second-order valence-electron chi connectivity index (χ2n) is 5.31. The van der Waals surface area contributed by atoms with E-state index < -0.39 is 27.6 Å². The molecule has 2 N–H and O–H groups in total. The number of benzene rings is 2. The van der Waals surface area contributed by atoms with Crippen molar-refractivity contribution >= 4 is 21.7 Å². The van der Waals surface area contributed by atoms with Crippen LogP contribution in [0.1, 0.15) is 15.9 Å². The summed E-state index contributed by atoms with van der Waals surface area (Å²) in [6.07, 6.45) is 0. The largest absolute Gasteiger partial charge is 0.465 e. The van der Waals surface area contributed by atoms with Gasteiger partial charge in [-0.05, 0) is 24.3 Å². The highest BCUT2D eigenvalue weighted by Gasteiger charge is 2.20. The molecule has 134 valence electrons. The number of carbonyl (C=O) groups is 1. The lowest BCUT2D eigenvalue weighted by molar-refractivity contribution is 0.0601. The summed E-state index contributed by atoms with van der Waals surface area (Å²) in [5, 5.41) is 5.07. The minimum atomic E-state index is -4.01. The van der Waals surface area contributed by atoms with Gasteiger partial charge in [-0.2, -0.15) is 0 Å². The van der Waals surface area contributed by atoms with Crippen molar-refractivity contribution in [2.45, 2.75) is 11.4 Å². The van der Waals surface area contributed by atoms with Crippen LogP contribution >= 0.6 is 0 Å². The fourth-order valence-corrected chi connectivity index (χ4v) is 2.83. The van der Waals surface area contributed by atoms with Gasteiger partial charge >= 0.3 is 5.97 Å². The van der Waals surface area contributed by atoms with E-state index in [1.165, 1.54) is 23.1 Å². The third-order valence-corrected chi connectivity index (χ3v) is 4.45. The molecule has 9 heteroatoms. The van der Waals surface area contributed by atoms with E-state index in [9.17, 15) is 22.0 Å². The van der Waals surface area contributed by atoms with Gasteiger partial charge in [0.2, 0.25) is 10.0 Å². The Morgan fingerprint density at radius 1 is 1.20 bits per heavy atom. The van der Waals surface area contributed by atoms with E-state index in [2.05, 4.69) is 4.74 Å². The molecule has 6 nitrogen and oxygen atoms in total. The van der Waals surface area contributed by atoms with Gasteiger partial charge < -0.3 is 9.64 Å². The van der Waals surface area contributed by atoms with Crippen LogP contribution in [0, 0.1) is 11.6 Å². The molecule has 0 fully saturated rings. The Hall–Kier alpha value is -2.52. The zero-order valence-corrected chi connectivity index (χ0v) is 14.3. The molecule has 0 bridgehead atoms. The molecule has 0 atom stereocenters. The molecule has 0 aliphatic heterocycles. The summed E-state index contributed by atoms with van der Waals surface area (Å²) in [5.41, 5.74) is 0.470. The SMILES string of the molecule is COC(=O)c1cc(S(N)(=O)=O)ccc1N(C)Cc1ccc(F)cc1F. The Labute approximate surface area is 143 Å². The summed E-state index contributed by atoms with van der Waals surface area (Å²) in [6.45, 7) is 0.0187. The summed E-state index contributed by atoms with van der Waals surface area (Å²) in [4.78, 5) is 13.2. The smallest absolute Gasteiger partial charge is 0.340 e. The fourth-order valence-electron chi connectivity index (χ4n) is 2.29. The number of carbonyl (C=O) groups excluding carboxylic acids is 1. The highest BCUT2D eigenvalue weighted by Crippen LogP contribution is 2.25. The first-order valence-corrected chi connectivity index (χ1v) is 8.58. The molecule has 2 aromatic rings. The van der Waals surface area contributed by atoms with E-state index in [0.29, 0.717) is 5.69 Å². The van der Waals surface area contributed by atoms with Crippen LogP contribution in [0.2, 0.25) is 0 Å². The summed E-state index contributed by atoms with van der Waals surface area (Å²) >= 11 is 0. The van der Waals surface area contributed by atoms with Gasteiger partial charge in [-0.15, -0.1) is 0 Å². The number of primary sulfonamides is 1. The maximum absolute atomic E-state index is 13.8. The van der Waals surface area contributed by atoms with Crippen molar-refractivity contribution in [2.75, 3.05) is 19.1 Å². The molecule has 0 amide bonds. The Morgan fingerprint density at radius 3 is 2.44 bits per heavy atom. The van der Waals surface area contributed by atoms with Gasteiger partial charge in [-0.3, -0.25) is 0 Å². The Kier molecular flexibility index (Phi) is 5.39. The number of nitrogens with zero attached hydrogens (tertiary/aromatic N) is 1. The van der Waals surface area contributed by atoms with E-state index in [1.807, 2.05) is 0 Å². The maximum Gasteiger partial charge on any atom is 0.340 e. The molecule has 0 unspecified atom stereocenters. The number of methoxy groups -OCH3 is 1. The number of sulfonamides is 1. The van der Waals surface area contributed by atoms with Crippen LogP contribution < -0.4 is 10.0 Å². The van der Waals surface area contributed by atoms with E-state index in [1.54, 1.807) is 7.05 Å². The quantitative estimate of drug-likeness (QED) is 0.814. The molecule has 0 aliphatic rings. The van der Waals surface area contributed by atoms with Crippen LogP contribution in [-0.2, 0) is 21.3 Å². The lowest BCUT2D eigenvalue weighted by Gasteiger charge is -2.22. The van der Waals surface area contributed by atoms with Gasteiger partial charge in [0.25, 0.3) is 0 Å². The van der Waals surface area contributed by atoms with Crippen molar-refractivity contribution in [1.82, 2.24) is 0 Å². The number of esters is 1. The van der Waals surface area contributed by atoms with Crippen molar-refractivity contribution in [1.29, 1.82) is 0 Å². The Bertz CT molecular complexity index is 916. The molecule has 0 aliphatic carbocycles. The number of hydrogen-bond donors (Lipinski definition) is 1. The van der Waals surface area contributed by atoms with E-state index in [4.69, 9.17) is 5.14 Å². The minimum Gasteiger partial charge on any atom is -0.465 e. The zero-order valence-electron chi connectivity index (χ0n) is 13.5. The van der Waals surface area contributed by atoms with Gasteiger partial charge in [-0.25, -0.2) is 27.1 Å². The number of halogens is 2. The molecule has 0 heterocycles. The van der Waals surface area contributed by atoms with E-state index in [-0.39, 0.29) is 22.6 Å². The monoisotopic (exact) mass is 370 g/mol. The van der Waals surface area contributed by atoms with Crippen LogP contribution in [0.25, 0.3) is 0 Å². The highest BCUT2D eigenvalue weighted by molar-refractivity contribution is 7.89. The molecular formula is C16H16F2N2O4S. The Balaban J connectivity index is 2.44. The topological polar surface area (TPSA) is 89.7 Å². The highest BCUT2D eigenvalue weighted by atomic mass is 32.2. The number of anilines is 1. The molecule has 0 spiro atoms. The second kappa shape index (κ2) is 7.16. The molecular weight excluding hydrogens is 354 g/mol. The average molecular weight is 370 g/mol. The van der Waals surface area contributed by atoms with Crippen LogP contribution in [0.4, 0.5) is 14.5 Å². The lowest BCUT2D eigenvalue weighted by atomic mass is 10.1. The van der Waals surface area contributed by atoms with Crippen molar-refractivity contribution in [3.8, 4) is 0 Å². The normalized spacial score (nSPS) is 11.2. The van der Waals surface area contributed by atoms with Gasteiger partial charge in [-0.1, -0.05) is 6.07 Å². The standard InChI is InChI=1S/C16H16F2N2O4S/c1-20(9-10-3-4-11(17)7-14(10)18)15-6-5-12(25(19,22)23)8-13(15)16(21)24-2/h3-8H,9H2,1-2H3,(H2,19,22,23). The van der Waals surface area contributed by atoms with E-state index >= 15 is 0 Å². The third kappa shape index (κ3) is 4.31. The number of nitrogens with two attached hydrogens (primary N) is 1. The molecule has 0 aromatic heterocycles. The zero-order chi connectivity index (χ0) is 18.8. The van der Waals surface area contributed by atoms with Crippen LogP contribution in [0.15, 0.2) is 41.3 Å². The van der Waals surface area contributed by atoms with Gasteiger partial charge in [0.1, 0.15) is 11.6 Å². The first kappa shape index (κ1) is 18.8. The predicted octanol–water partition coefficient (Wildman–Crippen LogP) is 2.04. The summed E-state index contributed by atoms with van der Waals surface area (Å²) in [5.74, 6) is -2.20. The Morgan fingerprint density at radius 2 is 1.88 bits per heavy atom. The lowest BCUT2D eigenvalue weighted by Crippen LogP contribution is -2.21. The van der Waals surface area contributed by atoms with Crippen molar-refractivity contribution < 1.29 is 26.7 Å². The van der Waals surface area contributed by atoms with Crippen molar-refractivity contribution in [3.63, 3.8) is 0 Å². The second-order valence-corrected chi connectivity index (χ2v) is 6.87. The molecule has 0 saturated heterocycles. The summed E-state index contributed by atoms with van der Waals surface area (Å²) in [7, 11) is -1.29. The van der Waals surface area contributed by atoms with Gasteiger partial charge in [0.15, 0.2) is 0 Å². The molecule has 2 aromatic carbocycles. The predicted molar refractivity (Wildman–Crippen MR) is 87.6 cm³/mol. The van der Waals surface area contributed by atoms with E-state index in [0.717, 1.165) is 25.3 Å². The number of rotatable bonds is 5. The number of hydrogen-bond acceptors (Lipinski definition) is 5. The number of ether oxygens (including phenoxy) is 1. The summed E-state index contributed by atoms with van der Waals surface area (Å²) < 4.78 is 54.4. The average Bonchev–Trinajstić information content (AvgIpc) is 2.55.